The number of H-pyrrole nitrogens is 1. The second-order valence-electron chi connectivity index (χ2n) is 2.85. The lowest BCUT2D eigenvalue weighted by molar-refractivity contribution is 0.0931. The number of aromatic nitrogens is 3. The van der Waals surface area contributed by atoms with Crippen molar-refractivity contribution in [3.63, 3.8) is 0 Å². The molecule has 0 aliphatic carbocycles. The lowest BCUT2D eigenvalue weighted by Crippen LogP contribution is -2.38. The van der Waals surface area contributed by atoms with Gasteiger partial charge in [-0.05, 0) is 13.8 Å². The molecule has 1 unspecified atom stereocenters. The summed E-state index contributed by atoms with van der Waals surface area (Å²) in [7, 11) is 0. The third-order valence-electron chi connectivity index (χ3n) is 1.53. The average Bonchev–Trinajstić information content (AvgIpc) is 2.51. The van der Waals surface area contributed by atoms with Crippen molar-refractivity contribution in [1.29, 1.82) is 0 Å². The molecule has 0 aromatic carbocycles. The van der Waals surface area contributed by atoms with Crippen molar-refractivity contribution in [2.45, 2.75) is 19.9 Å². The highest BCUT2D eigenvalue weighted by atomic mass is 16.2. The van der Waals surface area contributed by atoms with Crippen LogP contribution in [0.1, 0.15) is 23.4 Å². The molecule has 0 saturated heterocycles. The zero-order valence-corrected chi connectivity index (χ0v) is 7.66. The van der Waals surface area contributed by atoms with Crippen LogP contribution in [0.15, 0.2) is 0 Å². The van der Waals surface area contributed by atoms with Gasteiger partial charge in [-0.3, -0.25) is 9.89 Å². The number of hydrogen-bond donors (Lipinski definition) is 3. The predicted molar refractivity (Wildman–Crippen MR) is 47.1 cm³/mol. The van der Waals surface area contributed by atoms with Crippen LogP contribution in [0.4, 0.5) is 0 Å². The molecule has 13 heavy (non-hydrogen) atoms. The molecule has 1 amide bonds. The lowest BCUT2D eigenvalue weighted by Gasteiger charge is -2.08. The number of nitrogens with two attached hydrogens (primary N) is 1. The molecule has 0 saturated carbocycles. The van der Waals surface area contributed by atoms with E-state index in [0.717, 1.165) is 0 Å². The number of rotatable bonds is 3. The fourth-order valence-electron chi connectivity index (χ4n) is 0.792. The molecule has 0 fully saturated rings. The normalized spacial score (nSPS) is 12.5. The van der Waals surface area contributed by atoms with Crippen LogP contribution in [0.3, 0.4) is 0 Å². The Morgan fingerprint density at radius 1 is 1.77 bits per heavy atom. The van der Waals surface area contributed by atoms with Gasteiger partial charge in [0.15, 0.2) is 0 Å². The molecule has 1 aromatic rings. The van der Waals surface area contributed by atoms with Crippen molar-refractivity contribution >= 4 is 5.91 Å². The van der Waals surface area contributed by atoms with E-state index >= 15 is 0 Å². The smallest absolute Gasteiger partial charge is 0.291 e. The van der Waals surface area contributed by atoms with Crippen molar-refractivity contribution in [2.75, 3.05) is 6.54 Å². The summed E-state index contributed by atoms with van der Waals surface area (Å²) in [6, 6.07) is -0.0636. The van der Waals surface area contributed by atoms with Crippen molar-refractivity contribution in [2.24, 2.45) is 5.73 Å². The Kier molecular flexibility index (Phi) is 2.97. The van der Waals surface area contributed by atoms with Crippen molar-refractivity contribution in [1.82, 2.24) is 20.5 Å². The highest BCUT2D eigenvalue weighted by Crippen LogP contribution is 1.91. The van der Waals surface area contributed by atoms with Gasteiger partial charge in [0.1, 0.15) is 5.82 Å². The van der Waals surface area contributed by atoms with E-state index in [9.17, 15) is 4.79 Å². The number of aromatic amines is 1. The Bertz CT molecular complexity index is 295. The Hall–Kier alpha value is -1.43. The van der Waals surface area contributed by atoms with E-state index in [-0.39, 0.29) is 17.8 Å². The number of carbonyl (C=O) groups is 1. The standard InChI is InChI=1S/C7H13N5O/c1-4(3-8)9-7(13)6-10-5(2)11-12-6/h4H,3,8H2,1-2H3,(H,9,13)(H,10,11,12). The molecular weight excluding hydrogens is 170 g/mol. The quantitative estimate of drug-likeness (QED) is 0.571. The fraction of sp³-hybridized carbons (Fsp3) is 0.571. The van der Waals surface area contributed by atoms with Crippen LogP contribution in [0.5, 0.6) is 0 Å². The van der Waals surface area contributed by atoms with Gasteiger partial charge in [-0.2, -0.15) is 0 Å². The minimum absolute atomic E-state index is 0.0636. The largest absolute Gasteiger partial charge is 0.346 e. The number of amides is 1. The molecule has 72 valence electrons. The van der Waals surface area contributed by atoms with Gasteiger partial charge in [0.25, 0.3) is 5.91 Å². The number of nitrogens with zero attached hydrogens (tertiary/aromatic N) is 2. The predicted octanol–water partition coefficient (Wildman–Crippen LogP) is -0.810. The summed E-state index contributed by atoms with van der Waals surface area (Å²) in [5, 5.41) is 8.95. The summed E-state index contributed by atoms with van der Waals surface area (Å²) in [5.74, 6) is 0.464. The minimum Gasteiger partial charge on any atom is -0.346 e. The summed E-state index contributed by atoms with van der Waals surface area (Å²) in [6.07, 6.45) is 0. The van der Waals surface area contributed by atoms with Gasteiger partial charge in [0.2, 0.25) is 5.82 Å². The summed E-state index contributed by atoms with van der Waals surface area (Å²) >= 11 is 0. The molecule has 1 rings (SSSR count). The number of hydrogen-bond acceptors (Lipinski definition) is 4. The highest BCUT2D eigenvalue weighted by Gasteiger charge is 2.12. The first-order chi connectivity index (χ1) is 6.13. The monoisotopic (exact) mass is 183 g/mol. The molecular formula is C7H13N5O. The fourth-order valence-corrected chi connectivity index (χ4v) is 0.792. The first-order valence-electron chi connectivity index (χ1n) is 4.03. The topological polar surface area (TPSA) is 96.7 Å². The molecule has 6 nitrogen and oxygen atoms in total. The second-order valence-corrected chi connectivity index (χ2v) is 2.85. The van der Waals surface area contributed by atoms with Crippen LogP contribution in [0, 0.1) is 6.92 Å². The van der Waals surface area contributed by atoms with E-state index in [2.05, 4.69) is 20.5 Å². The van der Waals surface area contributed by atoms with Gasteiger partial charge in [-0.15, -0.1) is 5.10 Å². The Morgan fingerprint density at radius 3 is 2.92 bits per heavy atom. The van der Waals surface area contributed by atoms with Crippen LogP contribution >= 0.6 is 0 Å². The van der Waals surface area contributed by atoms with E-state index in [1.165, 1.54) is 0 Å². The van der Waals surface area contributed by atoms with E-state index < -0.39 is 0 Å². The summed E-state index contributed by atoms with van der Waals surface area (Å²) in [4.78, 5) is 15.2. The first-order valence-corrected chi connectivity index (χ1v) is 4.03. The molecule has 0 aliphatic heterocycles. The zero-order valence-electron chi connectivity index (χ0n) is 7.66. The highest BCUT2D eigenvalue weighted by molar-refractivity contribution is 5.90. The Morgan fingerprint density at radius 2 is 2.46 bits per heavy atom. The van der Waals surface area contributed by atoms with Gasteiger partial charge < -0.3 is 11.1 Å². The molecule has 1 heterocycles. The van der Waals surface area contributed by atoms with E-state index in [4.69, 9.17) is 5.73 Å². The third kappa shape index (κ3) is 2.51. The minimum atomic E-state index is -0.303. The first kappa shape index (κ1) is 9.66. The van der Waals surface area contributed by atoms with Gasteiger partial charge in [-0.25, -0.2) is 4.98 Å². The Balaban J connectivity index is 2.58. The molecule has 0 spiro atoms. The maximum Gasteiger partial charge on any atom is 0.291 e. The van der Waals surface area contributed by atoms with E-state index in [1.807, 2.05) is 6.92 Å². The Labute approximate surface area is 75.9 Å². The maximum atomic E-state index is 11.3. The van der Waals surface area contributed by atoms with Crippen LogP contribution in [0.2, 0.25) is 0 Å². The SMILES string of the molecule is Cc1nc(C(=O)NC(C)CN)n[nH]1. The van der Waals surface area contributed by atoms with E-state index in [1.54, 1.807) is 6.92 Å². The van der Waals surface area contributed by atoms with Crippen molar-refractivity contribution < 1.29 is 4.79 Å². The third-order valence-corrected chi connectivity index (χ3v) is 1.53. The van der Waals surface area contributed by atoms with Crippen molar-refractivity contribution in [3.8, 4) is 0 Å². The van der Waals surface area contributed by atoms with Crippen LogP contribution in [-0.2, 0) is 0 Å². The molecule has 4 N–H and O–H groups in total. The summed E-state index contributed by atoms with van der Waals surface area (Å²) in [5.41, 5.74) is 5.34. The van der Waals surface area contributed by atoms with Gasteiger partial charge in [0.05, 0.1) is 0 Å². The summed E-state index contributed by atoms with van der Waals surface area (Å²) in [6.45, 7) is 3.95. The molecule has 6 heteroatoms. The zero-order chi connectivity index (χ0) is 9.84. The molecule has 0 bridgehead atoms. The molecule has 0 aliphatic rings. The van der Waals surface area contributed by atoms with Gasteiger partial charge >= 0.3 is 0 Å². The molecule has 0 radical (unpaired) electrons. The number of aryl methyl sites for hydroxylation is 1. The molecule has 1 aromatic heterocycles. The van der Waals surface area contributed by atoms with Gasteiger partial charge in [0, 0.05) is 12.6 Å². The van der Waals surface area contributed by atoms with Gasteiger partial charge in [-0.1, -0.05) is 0 Å². The summed E-state index contributed by atoms with van der Waals surface area (Å²) < 4.78 is 0. The van der Waals surface area contributed by atoms with Crippen LogP contribution in [-0.4, -0.2) is 33.7 Å². The van der Waals surface area contributed by atoms with Crippen LogP contribution < -0.4 is 11.1 Å². The van der Waals surface area contributed by atoms with E-state index in [0.29, 0.717) is 12.4 Å². The maximum absolute atomic E-state index is 11.3. The lowest BCUT2D eigenvalue weighted by atomic mass is 10.3. The van der Waals surface area contributed by atoms with Crippen LogP contribution in [0.25, 0.3) is 0 Å². The second kappa shape index (κ2) is 3.99. The number of nitrogens with one attached hydrogen (secondary N) is 2. The van der Waals surface area contributed by atoms with Crippen molar-refractivity contribution in [3.05, 3.63) is 11.6 Å². The number of carbonyl (C=O) groups excluding carboxylic acids is 1. The average molecular weight is 183 g/mol. The molecule has 1 atom stereocenters.